The van der Waals surface area contributed by atoms with Crippen LogP contribution in [0.25, 0.3) is 21.8 Å². The van der Waals surface area contributed by atoms with Crippen molar-refractivity contribution in [3.05, 3.63) is 72.3 Å². The first-order chi connectivity index (χ1) is 12.5. The van der Waals surface area contributed by atoms with Gasteiger partial charge in [-0.25, -0.2) is 17.5 Å². The molecule has 0 radical (unpaired) electrons. The van der Waals surface area contributed by atoms with Crippen LogP contribution in [0.5, 0.6) is 0 Å². The van der Waals surface area contributed by atoms with Gasteiger partial charge in [0.2, 0.25) is 10.0 Å². The minimum absolute atomic E-state index is 0.153. The monoisotopic (exact) mass is 369 g/mol. The average Bonchev–Trinajstić information content (AvgIpc) is 3.03. The van der Waals surface area contributed by atoms with Gasteiger partial charge in [0.05, 0.1) is 5.52 Å². The number of para-hydroxylation sites is 1. The second-order valence-corrected chi connectivity index (χ2v) is 7.72. The van der Waals surface area contributed by atoms with Crippen molar-refractivity contribution in [1.29, 1.82) is 0 Å². The molecular weight excluding hydrogens is 353 g/mol. The molecule has 0 bridgehead atoms. The maximum absolute atomic E-state index is 13.4. The SMILES string of the molecule is O=S(=O)(NCCc1c[nH]c2ccc(F)cc12)c1cccc2cccnc12. The quantitative estimate of drug-likeness (QED) is 0.566. The van der Waals surface area contributed by atoms with Crippen LogP contribution in [0.15, 0.2) is 65.8 Å². The van der Waals surface area contributed by atoms with Gasteiger partial charge < -0.3 is 4.98 Å². The van der Waals surface area contributed by atoms with E-state index >= 15 is 0 Å². The van der Waals surface area contributed by atoms with Crippen LogP contribution in [-0.4, -0.2) is 24.9 Å². The smallest absolute Gasteiger partial charge is 0.242 e. The molecule has 7 heteroatoms. The van der Waals surface area contributed by atoms with Gasteiger partial charge in [0.15, 0.2) is 0 Å². The fourth-order valence-electron chi connectivity index (χ4n) is 3.05. The second-order valence-electron chi connectivity index (χ2n) is 5.98. The van der Waals surface area contributed by atoms with Crippen LogP contribution in [0.3, 0.4) is 0 Å². The van der Waals surface area contributed by atoms with Gasteiger partial charge in [0, 0.05) is 35.2 Å². The summed E-state index contributed by atoms with van der Waals surface area (Å²) in [6.45, 7) is 0.203. The van der Waals surface area contributed by atoms with E-state index in [1.807, 2.05) is 12.1 Å². The van der Waals surface area contributed by atoms with Gasteiger partial charge in [0.25, 0.3) is 0 Å². The number of nitrogens with one attached hydrogen (secondary N) is 2. The fraction of sp³-hybridized carbons (Fsp3) is 0.105. The molecule has 0 saturated carbocycles. The lowest BCUT2D eigenvalue weighted by Gasteiger charge is -2.08. The molecule has 0 aliphatic heterocycles. The average molecular weight is 369 g/mol. The number of nitrogens with zero attached hydrogens (tertiary/aromatic N) is 1. The first-order valence-electron chi connectivity index (χ1n) is 8.13. The molecule has 26 heavy (non-hydrogen) atoms. The minimum atomic E-state index is -3.70. The molecule has 2 aromatic carbocycles. The van der Waals surface area contributed by atoms with Gasteiger partial charge in [-0.2, -0.15) is 0 Å². The first kappa shape index (κ1) is 16.7. The lowest BCUT2D eigenvalue weighted by molar-refractivity contribution is 0.582. The van der Waals surface area contributed by atoms with Crippen molar-refractivity contribution in [3.8, 4) is 0 Å². The number of fused-ring (bicyclic) bond motifs is 2. The van der Waals surface area contributed by atoms with Gasteiger partial charge in [-0.3, -0.25) is 4.98 Å². The van der Waals surface area contributed by atoms with Crippen molar-refractivity contribution in [2.24, 2.45) is 0 Å². The molecule has 132 valence electrons. The lowest BCUT2D eigenvalue weighted by atomic mass is 10.1. The Morgan fingerprint density at radius 1 is 1.12 bits per heavy atom. The lowest BCUT2D eigenvalue weighted by Crippen LogP contribution is -2.26. The largest absolute Gasteiger partial charge is 0.361 e. The zero-order chi connectivity index (χ0) is 18.1. The molecule has 0 spiro atoms. The Morgan fingerprint density at radius 2 is 1.96 bits per heavy atom. The third-order valence-corrected chi connectivity index (χ3v) is 5.79. The van der Waals surface area contributed by atoms with E-state index in [1.54, 1.807) is 36.7 Å². The number of halogens is 1. The van der Waals surface area contributed by atoms with Gasteiger partial charge in [-0.1, -0.05) is 18.2 Å². The van der Waals surface area contributed by atoms with Crippen molar-refractivity contribution >= 4 is 31.8 Å². The van der Waals surface area contributed by atoms with Crippen molar-refractivity contribution in [1.82, 2.24) is 14.7 Å². The van der Waals surface area contributed by atoms with Crippen LogP contribution in [0.1, 0.15) is 5.56 Å². The molecule has 0 fully saturated rings. The van der Waals surface area contributed by atoms with E-state index in [0.29, 0.717) is 11.9 Å². The van der Waals surface area contributed by atoms with Crippen LogP contribution in [0.4, 0.5) is 4.39 Å². The zero-order valence-electron chi connectivity index (χ0n) is 13.7. The van der Waals surface area contributed by atoms with Crippen LogP contribution in [-0.2, 0) is 16.4 Å². The van der Waals surface area contributed by atoms with Gasteiger partial charge in [0.1, 0.15) is 10.7 Å². The van der Waals surface area contributed by atoms with Crippen LogP contribution in [0.2, 0.25) is 0 Å². The normalized spacial score (nSPS) is 12.0. The van der Waals surface area contributed by atoms with Crippen LogP contribution in [0, 0.1) is 5.82 Å². The molecule has 5 nitrogen and oxygen atoms in total. The molecule has 0 saturated heterocycles. The summed E-state index contributed by atoms with van der Waals surface area (Å²) in [5.41, 5.74) is 2.12. The number of rotatable bonds is 5. The van der Waals surface area contributed by atoms with E-state index in [4.69, 9.17) is 0 Å². The van der Waals surface area contributed by atoms with E-state index in [1.165, 1.54) is 12.1 Å². The Hall–Kier alpha value is -2.77. The summed E-state index contributed by atoms with van der Waals surface area (Å²) in [6, 6.07) is 13.1. The molecule has 0 aliphatic rings. The molecule has 0 amide bonds. The standard InChI is InChI=1S/C19H16FN3O2S/c20-15-6-7-17-16(11-15)14(12-22-17)8-10-23-26(24,25)18-5-1-3-13-4-2-9-21-19(13)18/h1-7,9,11-12,22-23H,8,10H2. The number of sulfonamides is 1. The van der Waals surface area contributed by atoms with E-state index in [2.05, 4.69) is 14.7 Å². The summed E-state index contributed by atoms with van der Waals surface area (Å²) < 4.78 is 41.4. The molecule has 0 unspecified atom stereocenters. The number of H-pyrrole nitrogens is 1. The van der Waals surface area contributed by atoms with Crippen molar-refractivity contribution < 1.29 is 12.8 Å². The van der Waals surface area contributed by atoms with Gasteiger partial charge in [-0.05, 0) is 42.3 Å². The summed E-state index contributed by atoms with van der Waals surface area (Å²) >= 11 is 0. The molecule has 0 aliphatic carbocycles. The third kappa shape index (κ3) is 3.07. The van der Waals surface area contributed by atoms with E-state index in [-0.39, 0.29) is 17.3 Å². The Labute approximate surface area is 149 Å². The molecule has 2 heterocycles. The summed E-state index contributed by atoms with van der Waals surface area (Å²) in [5, 5.41) is 1.53. The number of benzene rings is 2. The number of hydrogen-bond acceptors (Lipinski definition) is 3. The molecule has 4 aromatic rings. The second kappa shape index (κ2) is 6.51. The molecule has 2 aromatic heterocycles. The van der Waals surface area contributed by atoms with Gasteiger partial charge >= 0.3 is 0 Å². The predicted octanol–water partition coefficient (Wildman–Crippen LogP) is 3.38. The summed E-state index contributed by atoms with van der Waals surface area (Å²) in [7, 11) is -3.70. The number of hydrogen-bond donors (Lipinski definition) is 2. The van der Waals surface area contributed by atoms with Gasteiger partial charge in [-0.15, -0.1) is 0 Å². The summed E-state index contributed by atoms with van der Waals surface area (Å²) in [4.78, 5) is 7.41. The molecule has 0 atom stereocenters. The molecular formula is C19H16FN3O2S. The fourth-order valence-corrected chi connectivity index (χ4v) is 4.26. The highest BCUT2D eigenvalue weighted by atomic mass is 32.2. The Balaban J connectivity index is 1.56. The van der Waals surface area contributed by atoms with Crippen LogP contribution >= 0.6 is 0 Å². The Bertz CT molecular complexity index is 1200. The maximum Gasteiger partial charge on any atom is 0.242 e. The third-order valence-electron chi connectivity index (χ3n) is 4.30. The highest BCUT2D eigenvalue weighted by molar-refractivity contribution is 7.89. The minimum Gasteiger partial charge on any atom is -0.361 e. The maximum atomic E-state index is 13.4. The van der Waals surface area contributed by atoms with E-state index in [0.717, 1.165) is 21.9 Å². The van der Waals surface area contributed by atoms with E-state index < -0.39 is 10.0 Å². The topological polar surface area (TPSA) is 74.8 Å². The number of aromatic nitrogens is 2. The zero-order valence-corrected chi connectivity index (χ0v) is 14.6. The summed E-state index contributed by atoms with van der Waals surface area (Å²) in [5.74, 6) is -0.319. The highest BCUT2D eigenvalue weighted by Gasteiger charge is 2.17. The highest BCUT2D eigenvalue weighted by Crippen LogP contribution is 2.22. The molecule has 4 rings (SSSR count). The first-order valence-corrected chi connectivity index (χ1v) is 9.62. The number of aromatic amines is 1. The van der Waals surface area contributed by atoms with Crippen LogP contribution < -0.4 is 4.72 Å². The van der Waals surface area contributed by atoms with Crippen molar-refractivity contribution in [2.75, 3.05) is 6.54 Å². The van der Waals surface area contributed by atoms with Crippen molar-refractivity contribution in [3.63, 3.8) is 0 Å². The number of pyridine rings is 1. The predicted molar refractivity (Wildman–Crippen MR) is 98.9 cm³/mol. The molecule has 2 N–H and O–H groups in total. The Kier molecular flexibility index (Phi) is 4.18. The van der Waals surface area contributed by atoms with E-state index in [9.17, 15) is 12.8 Å². The van der Waals surface area contributed by atoms with Crippen molar-refractivity contribution in [2.45, 2.75) is 11.3 Å². The Morgan fingerprint density at radius 3 is 2.85 bits per heavy atom. The summed E-state index contributed by atoms with van der Waals surface area (Å²) in [6.07, 6.45) is 3.79.